The Morgan fingerprint density at radius 3 is 2.29 bits per heavy atom. The number of piperazine rings is 1. The number of Topliss-reactive ketones (excluding diaryl/α,β-unsaturated/α-hetero) is 1. The first-order valence-corrected chi connectivity index (χ1v) is 23.2. The number of anilines is 1. The highest BCUT2D eigenvalue weighted by Gasteiger charge is 2.50. The van der Waals surface area contributed by atoms with Crippen molar-refractivity contribution in [2.45, 2.75) is 118 Å². The van der Waals surface area contributed by atoms with Crippen LogP contribution in [0.15, 0.2) is 65.5 Å². The van der Waals surface area contributed by atoms with E-state index in [0.717, 1.165) is 5.56 Å². The van der Waals surface area contributed by atoms with E-state index in [1.54, 1.807) is 45.9 Å². The fourth-order valence-corrected chi connectivity index (χ4v) is 9.77. The van der Waals surface area contributed by atoms with Crippen molar-refractivity contribution in [2.75, 3.05) is 25.5 Å². The monoisotopic (exact) mass is 951 g/mol. The van der Waals surface area contributed by atoms with Crippen molar-refractivity contribution in [1.82, 2.24) is 9.91 Å². The fourth-order valence-electron chi connectivity index (χ4n) is 9.77. The van der Waals surface area contributed by atoms with Gasteiger partial charge in [0.25, 0.3) is 11.7 Å². The third-order valence-electron chi connectivity index (χ3n) is 13.8. The lowest BCUT2D eigenvalue weighted by Gasteiger charge is -2.42. The number of allylic oxidation sites excluding steroid dienone is 2. The molecule has 4 aliphatic heterocycles. The van der Waals surface area contributed by atoms with Gasteiger partial charge in [0.05, 0.1) is 76.7 Å². The lowest BCUT2D eigenvalue weighted by atomic mass is 9.78. The zero-order chi connectivity index (χ0) is 50.8. The summed E-state index contributed by atoms with van der Waals surface area (Å²) in [6, 6.07) is 9.26. The summed E-state index contributed by atoms with van der Waals surface area (Å²) in [7, 11) is 1.43. The molecule has 0 saturated carbocycles. The Morgan fingerprint density at radius 1 is 0.971 bits per heavy atom. The fraction of sp³-hybridized carbons (Fsp3) is 0.481. The van der Waals surface area contributed by atoms with E-state index in [2.05, 4.69) is 16.3 Å². The number of nitrogens with one attached hydrogen (secondary N) is 1. The highest BCUT2D eigenvalue weighted by molar-refractivity contribution is 6.23. The number of ketones is 1. The number of nitrogens with zero attached hydrogens (tertiary/aromatic N) is 4. The second-order valence-corrected chi connectivity index (χ2v) is 18.9. The third-order valence-corrected chi connectivity index (χ3v) is 13.8. The Morgan fingerprint density at radius 2 is 1.65 bits per heavy atom. The number of aromatic hydroxyl groups is 3. The molecule has 11 atom stereocenters. The molecule has 17 nitrogen and oxygen atoms in total. The Kier molecular flexibility index (Phi) is 15.8. The van der Waals surface area contributed by atoms with Crippen molar-refractivity contribution >= 4 is 40.3 Å². The summed E-state index contributed by atoms with van der Waals surface area (Å²) in [4.78, 5) is 43.3. The van der Waals surface area contributed by atoms with Crippen LogP contribution in [0.5, 0.6) is 23.0 Å². The van der Waals surface area contributed by atoms with E-state index in [9.17, 15) is 45.2 Å². The second-order valence-electron chi connectivity index (χ2n) is 18.9. The number of phenolic OH excluding ortho intramolecular Hbond substituents is 3. The minimum absolute atomic E-state index is 0.0350. The van der Waals surface area contributed by atoms with Crippen molar-refractivity contribution in [3.63, 3.8) is 0 Å². The predicted molar refractivity (Wildman–Crippen MR) is 259 cm³/mol. The molecule has 1 fully saturated rings. The zero-order valence-electron chi connectivity index (χ0n) is 41.1. The number of rotatable bonds is 6. The highest BCUT2D eigenvalue weighted by atomic mass is 16.7. The van der Waals surface area contributed by atoms with Crippen molar-refractivity contribution in [1.29, 1.82) is 5.26 Å². The van der Waals surface area contributed by atoms with Gasteiger partial charge in [0.2, 0.25) is 0 Å². The van der Waals surface area contributed by atoms with Gasteiger partial charge in [0.15, 0.2) is 5.75 Å². The molecule has 5 bridgehead atoms. The van der Waals surface area contributed by atoms with Gasteiger partial charge in [-0.3, -0.25) is 24.3 Å². The molecule has 6 N–H and O–H groups in total. The van der Waals surface area contributed by atoms with Crippen molar-refractivity contribution < 1.29 is 58.9 Å². The molecule has 0 radical (unpaired) electrons. The van der Waals surface area contributed by atoms with E-state index in [0.29, 0.717) is 25.2 Å². The number of fused-ring (bicyclic) bond motifs is 14. The van der Waals surface area contributed by atoms with E-state index in [1.807, 2.05) is 37.1 Å². The quantitative estimate of drug-likeness (QED) is 0.0664. The van der Waals surface area contributed by atoms with Gasteiger partial charge in [-0.15, -0.1) is 0 Å². The number of benzene rings is 3. The summed E-state index contributed by atoms with van der Waals surface area (Å²) in [5, 5.41) is 77.5. The van der Waals surface area contributed by atoms with Crippen LogP contribution in [0.2, 0.25) is 0 Å². The van der Waals surface area contributed by atoms with Gasteiger partial charge in [0.1, 0.15) is 23.4 Å². The van der Waals surface area contributed by atoms with Crippen LogP contribution >= 0.6 is 0 Å². The number of hydrogen-bond acceptors (Lipinski definition) is 16. The zero-order valence-corrected chi connectivity index (χ0v) is 41.1. The molecule has 4 heterocycles. The average molecular weight is 952 g/mol. The van der Waals surface area contributed by atoms with Crippen LogP contribution in [0.4, 0.5) is 5.69 Å². The number of hydrogen-bond donors (Lipinski definition) is 6. The number of aliphatic hydroxyl groups is 2. The second kappa shape index (κ2) is 21.0. The van der Waals surface area contributed by atoms with Gasteiger partial charge in [-0.2, -0.15) is 10.4 Å². The molecule has 17 heteroatoms. The van der Waals surface area contributed by atoms with Crippen LogP contribution in [0.3, 0.4) is 0 Å². The molecule has 1 saturated heterocycles. The number of phenols is 3. The molecule has 370 valence electrons. The maximum Gasteiger partial charge on any atom is 0.312 e. The van der Waals surface area contributed by atoms with Crippen LogP contribution in [0.1, 0.15) is 94.9 Å². The SMILES string of the molecule is CO[C@H]1/C=C/O[C@@]2(C)Oc3c(C)c(O)c4c(O)c(c(/C=N/N5C(C)CN(Cc6cccc(C#N)c6)CC5C)c(O)c4c3C2=O)NC(=O)/C(C)=C\C=C\[C@@H](C)[C@H](O)[C@@H](C)[C@@H](O)[C@@H](C)[C@H](OC(C)=O)[C@@H]1C. The number of carbonyl (C=O) groups excluding carboxylic acids is 3. The van der Waals surface area contributed by atoms with E-state index < -0.39 is 88.8 Å². The summed E-state index contributed by atoms with van der Waals surface area (Å²) < 4.78 is 23.8. The van der Waals surface area contributed by atoms with Crippen LogP contribution in [0, 0.1) is 41.9 Å². The molecule has 0 aromatic heterocycles. The van der Waals surface area contributed by atoms with Gasteiger partial charge in [-0.05, 0) is 51.5 Å². The van der Waals surface area contributed by atoms with Gasteiger partial charge < -0.3 is 49.8 Å². The molecule has 2 unspecified atom stereocenters. The van der Waals surface area contributed by atoms with Crippen LogP contribution < -0.4 is 10.1 Å². The molecular weight excluding hydrogens is 887 g/mol. The van der Waals surface area contributed by atoms with E-state index in [1.165, 1.54) is 59.4 Å². The number of nitriles is 1. The van der Waals surface area contributed by atoms with Crippen LogP contribution in [-0.2, 0) is 30.3 Å². The van der Waals surface area contributed by atoms with E-state index in [4.69, 9.17) is 24.0 Å². The first-order chi connectivity index (χ1) is 32.5. The first-order valence-electron chi connectivity index (χ1n) is 23.2. The summed E-state index contributed by atoms with van der Waals surface area (Å²) in [6.07, 6.45) is 4.76. The topological polar surface area (TPSA) is 244 Å². The lowest BCUT2D eigenvalue weighted by molar-refractivity contribution is -0.160. The Hall–Kier alpha value is -6.45. The predicted octanol–water partition coefficient (Wildman–Crippen LogP) is 6.55. The van der Waals surface area contributed by atoms with Crippen molar-refractivity contribution in [3.05, 3.63) is 88.2 Å². The summed E-state index contributed by atoms with van der Waals surface area (Å²) in [5.41, 5.74) is 1.06. The third kappa shape index (κ3) is 10.4. The maximum atomic E-state index is 14.7. The molecular formula is C52H65N5O12. The summed E-state index contributed by atoms with van der Waals surface area (Å²) in [6.45, 7) is 18.2. The molecule has 3 aromatic carbocycles. The van der Waals surface area contributed by atoms with Crippen molar-refractivity contribution in [2.24, 2.45) is 28.8 Å². The number of ether oxygens (including phenoxy) is 4. The van der Waals surface area contributed by atoms with Crippen LogP contribution in [-0.4, -0.2) is 122 Å². The minimum atomic E-state index is -2.08. The number of methoxy groups -OCH3 is 1. The average Bonchev–Trinajstić information content (AvgIpc) is 3.57. The number of esters is 1. The Labute approximate surface area is 402 Å². The van der Waals surface area contributed by atoms with Gasteiger partial charge in [0, 0.05) is 80.8 Å². The van der Waals surface area contributed by atoms with Gasteiger partial charge in [-0.25, -0.2) is 0 Å². The largest absolute Gasteiger partial charge is 0.507 e. The van der Waals surface area contributed by atoms with E-state index in [-0.39, 0.29) is 56.6 Å². The number of carbonyl (C=O) groups is 3. The molecule has 7 rings (SSSR count). The van der Waals surface area contributed by atoms with Crippen LogP contribution in [0.25, 0.3) is 10.8 Å². The maximum absolute atomic E-state index is 14.7. The van der Waals surface area contributed by atoms with Gasteiger partial charge >= 0.3 is 11.8 Å². The summed E-state index contributed by atoms with van der Waals surface area (Å²) >= 11 is 0. The van der Waals surface area contributed by atoms with E-state index >= 15 is 0 Å². The van der Waals surface area contributed by atoms with Crippen molar-refractivity contribution in [3.8, 4) is 29.1 Å². The summed E-state index contributed by atoms with van der Waals surface area (Å²) in [5.74, 6) is -8.64. The molecule has 0 spiro atoms. The lowest BCUT2D eigenvalue weighted by Crippen LogP contribution is -2.54. The Balaban J connectivity index is 1.48. The smallest absolute Gasteiger partial charge is 0.312 e. The number of aliphatic hydroxyl groups excluding tert-OH is 2. The normalized spacial score (nSPS) is 31.1. The van der Waals surface area contributed by atoms with Gasteiger partial charge in [-0.1, -0.05) is 58.1 Å². The standard InChI is InChI=1S/C52H65N5O12/c1-26-14-12-15-27(2)51(65)55-42-37(22-54-57-28(3)23-56(24-29(57)4)25-36-17-13-16-35(20-36)21-53)46(62)39-40(47(42)63)45(61)33(8)49-41(39)50(64)52(10,69-49)67-19-18-38(66-11)30(5)48(68-34(9)58)32(7)44(60)31(6)43(26)59/h12-20,22,26,28-32,38,43-44,48,59-63H,23-25H2,1-11H3,(H,55,65)/b14-12+,19-18+,27-15-,54-22+/t26-,28?,29?,30-,31-,32-,38+,43+,44-,48-,52+/m1/s1. The molecule has 1 amide bonds. The first kappa shape index (κ1) is 51.9. The molecule has 69 heavy (non-hydrogen) atoms. The number of amides is 1. The highest BCUT2D eigenvalue weighted by Crippen LogP contribution is 2.55. The minimum Gasteiger partial charge on any atom is -0.507 e. The number of hydrazone groups is 1. The molecule has 3 aromatic rings. The Bertz CT molecular complexity index is 2630. The molecule has 4 aliphatic rings. The molecule has 0 aliphatic carbocycles.